The average molecular weight is 280 g/mol. The van der Waals surface area contributed by atoms with Gasteiger partial charge >= 0.3 is 0 Å². The molecule has 2 aromatic heterocycles. The van der Waals surface area contributed by atoms with E-state index in [1.165, 1.54) is 17.2 Å². The molecule has 106 valence electrons. The molecule has 0 aliphatic carbocycles. The topological polar surface area (TPSA) is 63.6 Å². The van der Waals surface area contributed by atoms with Crippen molar-refractivity contribution in [3.8, 4) is 22.6 Å². The van der Waals surface area contributed by atoms with Crippen molar-refractivity contribution >= 4 is 0 Å². The van der Waals surface area contributed by atoms with E-state index in [0.29, 0.717) is 11.5 Å². The Labute approximate surface area is 122 Å². The lowest BCUT2D eigenvalue weighted by Gasteiger charge is -2.06. The van der Waals surface area contributed by atoms with E-state index in [1.54, 1.807) is 10.9 Å². The van der Waals surface area contributed by atoms with Crippen LogP contribution in [0.1, 0.15) is 11.1 Å². The van der Waals surface area contributed by atoms with Crippen LogP contribution in [0.3, 0.4) is 0 Å². The van der Waals surface area contributed by atoms with E-state index in [1.807, 2.05) is 38.4 Å². The van der Waals surface area contributed by atoms with Gasteiger partial charge in [0.25, 0.3) is 5.56 Å². The average Bonchev–Trinajstić information content (AvgIpc) is 2.88. The lowest BCUT2D eigenvalue weighted by Crippen LogP contribution is -2.08. The van der Waals surface area contributed by atoms with Gasteiger partial charge in [-0.2, -0.15) is 5.10 Å². The summed E-state index contributed by atoms with van der Waals surface area (Å²) in [6.45, 7) is 4.10. The van der Waals surface area contributed by atoms with E-state index < -0.39 is 0 Å². The van der Waals surface area contributed by atoms with Gasteiger partial charge in [0.1, 0.15) is 5.82 Å². The van der Waals surface area contributed by atoms with Gasteiger partial charge < -0.3 is 4.98 Å². The Morgan fingerprint density at radius 2 is 1.90 bits per heavy atom. The summed E-state index contributed by atoms with van der Waals surface area (Å²) < 4.78 is 1.69. The molecule has 0 radical (unpaired) electrons. The molecular weight excluding hydrogens is 264 g/mol. The van der Waals surface area contributed by atoms with Crippen LogP contribution in [0.4, 0.5) is 0 Å². The fourth-order valence-corrected chi connectivity index (χ4v) is 2.18. The molecule has 2 heterocycles. The van der Waals surface area contributed by atoms with E-state index in [4.69, 9.17) is 0 Å². The number of hydrogen-bond donors (Lipinski definition) is 1. The second-order valence-electron chi connectivity index (χ2n) is 5.18. The van der Waals surface area contributed by atoms with E-state index in [9.17, 15) is 4.79 Å². The zero-order valence-corrected chi connectivity index (χ0v) is 12.2. The maximum absolute atomic E-state index is 11.9. The number of aryl methyl sites for hydroxylation is 3. The monoisotopic (exact) mass is 280 g/mol. The normalized spacial score (nSPS) is 10.8. The first-order valence-electron chi connectivity index (χ1n) is 6.71. The molecule has 3 aromatic rings. The van der Waals surface area contributed by atoms with E-state index in [0.717, 1.165) is 11.1 Å². The molecule has 0 amide bonds. The standard InChI is InChI=1S/C16H16N4O/c1-10-4-5-12(6-11(10)2)16-18-14(7-15(21)19-16)13-8-17-20(3)9-13/h4-9H,1-3H3,(H,18,19,21). The number of benzene rings is 1. The van der Waals surface area contributed by atoms with Crippen LogP contribution in [-0.4, -0.2) is 19.7 Å². The Hall–Kier alpha value is -2.69. The van der Waals surface area contributed by atoms with Gasteiger partial charge in [-0.15, -0.1) is 0 Å². The number of hydrogen-bond acceptors (Lipinski definition) is 3. The van der Waals surface area contributed by atoms with Gasteiger partial charge in [0.2, 0.25) is 0 Å². The van der Waals surface area contributed by atoms with Gasteiger partial charge in [-0.1, -0.05) is 12.1 Å². The highest BCUT2D eigenvalue weighted by Gasteiger charge is 2.08. The molecule has 3 rings (SSSR count). The third-order valence-electron chi connectivity index (χ3n) is 3.52. The molecule has 1 N–H and O–H groups in total. The van der Waals surface area contributed by atoms with E-state index in [2.05, 4.69) is 22.0 Å². The predicted octanol–water partition coefficient (Wildman–Crippen LogP) is 2.45. The number of H-pyrrole nitrogens is 1. The first-order chi connectivity index (χ1) is 10.0. The predicted molar refractivity (Wildman–Crippen MR) is 82.0 cm³/mol. The second kappa shape index (κ2) is 5.01. The maximum atomic E-state index is 11.9. The summed E-state index contributed by atoms with van der Waals surface area (Å²) in [5, 5.41) is 4.12. The molecule has 0 saturated carbocycles. The second-order valence-corrected chi connectivity index (χ2v) is 5.18. The van der Waals surface area contributed by atoms with Gasteiger partial charge in [0.05, 0.1) is 11.9 Å². The lowest BCUT2D eigenvalue weighted by molar-refractivity contribution is 0.768. The van der Waals surface area contributed by atoms with Crippen LogP contribution in [-0.2, 0) is 7.05 Å². The smallest absolute Gasteiger partial charge is 0.251 e. The summed E-state index contributed by atoms with van der Waals surface area (Å²) in [6, 6.07) is 7.51. The molecular formula is C16H16N4O. The van der Waals surface area contributed by atoms with E-state index >= 15 is 0 Å². The number of nitrogens with one attached hydrogen (secondary N) is 1. The minimum Gasteiger partial charge on any atom is -0.306 e. The van der Waals surface area contributed by atoms with Crippen molar-refractivity contribution in [3.05, 3.63) is 58.1 Å². The van der Waals surface area contributed by atoms with E-state index in [-0.39, 0.29) is 5.56 Å². The summed E-state index contributed by atoms with van der Waals surface area (Å²) in [7, 11) is 1.83. The van der Waals surface area contributed by atoms with Crippen LogP contribution < -0.4 is 5.56 Å². The van der Waals surface area contributed by atoms with Gasteiger partial charge in [-0.05, 0) is 31.0 Å². The van der Waals surface area contributed by atoms with Crippen LogP contribution in [0.2, 0.25) is 0 Å². The van der Waals surface area contributed by atoms with Crippen LogP contribution >= 0.6 is 0 Å². The number of aromatic amines is 1. The molecule has 0 aliphatic rings. The SMILES string of the molecule is Cc1ccc(-c2nc(-c3cnn(C)c3)cc(=O)[nH]2)cc1C. The van der Waals surface area contributed by atoms with Crippen molar-refractivity contribution in [2.75, 3.05) is 0 Å². The molecule has 0 aliphatic heterocycles. The highest BCUT2D eigenvalue weighted by atomic mass is 16.1. The molecule has 0 fully saturated rings. The molecule has 1 aromatic carbocycles. The molecule has 0 unspecified atom stereocenters. The number of aromatic nitrogens is 4. The summed E-state index contributed by atoms with van der Waals surface area (Å²) in [6.07, 6.45) is 3.54. The van der Waals surface area contributed by atoms with Gasteiger partial charge in [0.15, 0.2) is 0 Å². The summed E-state index contributed by atoms with van der Waals surface area (Å²) >= 11 is 0. The minimum absolute atomic E-state index is 0.169. The van der Waals surface area contributed by atoms with Crippen molar-refractivity contribution in [2.45, 2.75) is 13.8 Å². The zero-order valence-electron chi connectivity index (χ0n) is 12.2. The van der Waals surface area contributed by atoms with Gasteiger partial charge in [-0.25, -0.2) is 4.98 Å². The Bertz CT molecular complexity index is 861. The van der Waals surface area contributed by atoms with Crippen molar-refractivity contribution < 1.29 is 0 Å². The molecule has 5 heteroatoms. The van der Waals surface area contributed by atoms with Crippen LogP contribution in [0, 0.1) is 13.8 Å². The first kappa shape index (κ1) is 13.3. The first-order valence-corrected chi connectivity index (χ1v) is 6.71. The number of rotatable bonds is 2. The fraction of sp³-hybridized carbons (Fsp3) is 0.188. The molecule has 21 heavy (non-hydrogen) atoms. The van der Waals surface area contributed by atoms with Gasteiger partial charge in [-0.3, -0.25) is 9.48 Å². The minimum atomic E-state index is -0.169. The van der Waals surface area contributed by atoms with Crippen molar-refractivity contribution in [1.82, 2.24) is 19.7 Å². The fourth-order valence-electron chi connectivity index (χ4n) is 2.18. The van der Waals surface area contributed by atoms with Crippen LogP contribution in [0.5, 0.6) is 0 Å². The summed E-state index contributed by atoms with van der Waals surface area (Å²) in [5.74, 6) is 0.574. The lowest BCUT2D eigenvalue weighted by atomic mass is 10.1. The molecule has 0 bridgehead atoms. The Kier molecular flexibility index (Phi) is 3.17. The van der Waals surface area contributed by atoms with Crippen LogP contribution in [0.15, 0.2) is 41.5 Å². The largest absolute Gasteiger partial charge is 0.306 e. The third kappa shape index (κ3) is 2.63. The quantitative estimate of drug-likeness (QED) is 0.784. The highest BCUT2D eigenvalue weighted by Crippen LogP contribution is 2.21. The van der Waals surface area contributed by atoms with Crippen molar-refractivity contribution in [1.29, 1.82) is 0 Å². The number of nitrogens with zero attached hydrogens (tertiary/aromatic N) is 3. The molecule has 0 atom stereocenters. The van der Waals surface area contributed by atoms with Crippen molar-refractivity contribution in [2.24, 2.45) is 7.05 Å². The summed E-state index contributed by atoms with van der Waals surface area (Å²) in [5.41, 5.74) is 4.57. The molecule has 0 saturated heterocycles. The maximum Gasteiger partial charge on any atom is 0.251 e. The third-order valence-corrected chi connectivity index (χ3v) is 3.52. The molecule has 5 nitrogen and oxygen atoms in total. The van der Waals surface area contributed by atoms with Gasteiger partial charge in [0, 0.05) is 30.4 Å². The highest BCUT2D eigenvalue weighted by molar-refractivity contribution is 5.63. The zero-order chi connectivity index (χ0) is 15.0. The summed E-state index contributed by atoms with van der Waals surface area (Å²) in [4.78, 5) is 19.2. The Balaban J connectivity index is 2.13. The van der Waals surface area contributed by atoms with Crippen molar-refractivity contribution in [3.63, 3.8) is 0 Å². The Morgan fingerprint density at radius 3 is 2.57 bits per heavy atom. The Morgan fingerprint density at radius 1 is 1.10 bits per heavy atom. The van der Waals surface area contributed by atoms with Crippen LogP contribution in [0.25, 0.3) is 22.6 Å². The molecule has 0 spiro atoms.